The van der Waals surface area contributed by atoms with Crippen LogP contribution in [0.25, 0.3) is 11.0 Å². The Kier molecular flexibility index (Phi) is 8.45. The molecule has 0 spiro atoms. The lowest BCUT2D eigenvalue weighted by molar-refractivity contribution is -0.117. The molecule has 0 saturated carbocycles. The van der Waals surface area contributed by atoms with Gasteiger partial charge in [-0.1, -0.05) is 89.6 Å². The van der Waals surface area contributed by atoms with Crippen LogP contribution in [0.5, 0.6) is 5.75 Å². The van der Waals surface area contributed by atoms with E-state index < -0.39 is 23.5 Å². The molecule has 43 heavy (non-hydrogen) atoms. The van der Waals surface area contributed by atoms with E-state index in [0.29, 0.717) is 43.6 Å². The summed E-state index contributed by atoms with van der Waals surface area (Å²) in [5, 5.41) is 21.7. The minimum Gasteiger partial charge on any atom is -0.503 e. The fraction of sp³-hybridized carbons (Fsp3) is 0.161. The second-order valence-corrected chi connectivity index (χ2v) is 12.6. The Morgan fingerprint density at radius 2 is 1.88 bits per heavy atom. The predicted octanol–water partition coefficient (Wildman–Crippen LogP) is 8.46. The van der Waals surface area contributed by atoms with Gasteiger partial charge < -0.3 is 14.3 Å². The molecule has 5 aromatic rings. The van der Waals surface area contributed by atoms with Crippen LogP contribution in [0.4, 0.5) is 5.13 Å². The number of benzene rings is 3. The summed E-state index contributed by atoms with van der Waals surface area (Å²) in [5.74, 6) is -0.866. The molecule has 1 atom stereocenters. The van der Waals surface area contributed by atoms with Crippen molar-refractivity contribution in [1.82, 2.24) is 10.2 Å². The number of halogens is 2. The topological polar surface area (TPSA) is 106 Å². The van der Waals surface area contributed by atoms with Crippen LogP contribution in [0.1, 0.15) is 41.1 Å². The molecule has 1 unspecified atom stereocenters. The largest absolute Gasteiger partial charge is 0.503 e. The first-order chi connectivity index (χ1) is 20.8. The highest BCUT2D eigenvalue weighted by atomic mass is 35.5. The summed E-state index contributed by atoms with van der Waals surface area (Å²) in [6, 6.07) is 20.2. The molecule has 0 radical (unpaired) electrons. The highest BCUT2D eigenvalue weighted by molar-refractivity contribution is 8.00. The second-order valence-electron chi connectivity index (χ2n) is 9.61. The molecule has 6 rings (SSSR count). The number of ketones is 1. The maximum absolute atomic E-state index is 13.9. The average molecular weight is 653 g/mol. The number of nitrogens with zero attached hydrogens (tertiary/aromatic N) is 3. The predicted molar refractivity (Wildman–Crippen MR) is 169 cm³/mol. The molecule has 0 saturated heterocycles. The smallest absolute Gasteiger partial charge is 0.296 e. The zero-order valence-corrected chi connectivity index (χ0v) is 25.8. The third-order valence-electron chi connectivity index (χ3n) is 6.74. The quantitative estimate of drug-likeness (QED) is 0.0910. The van der Waals surface area contributed by atoms with Crippen molar-refractivity contribution in [2.45, 2.75) is 29.5 Å². The Hall–Kier alpha value is -3.83. The molecule has 12 heteroatoms. The summed E-state index contributed by atoms with van der Waals surface area (Å²) < 4.78 is 12.1. The Bertz CT molecular complexity index is 1840. The fourth-order valence-corrected chi connectivity index (χ4v) is 7.11. The lowest BCUT2D eigenvalue weighted by Crippen LogP contribution is -2.31. The van der Waals surface area contributed by atoms with Crippen LogP contribution >= 0.6 is 46.3 Å². The number of carbonyl (C=O) groups excluding carboxylic acids is 2. The summed E-state index contributed by atoms with van der Waals surface area (Å²) >= 11 is 14.9. The lowest BCUT2D eigenvalue weighted by atomic mass is 9.95. The maximum atomic E-state index is 13.9. The Morgan fingerprint density at radius 1 is 1.09 bits per heavy atom. The molecular formula is C31H23Cl2N3O5S2. The molecule has 0 bridgehead atoms. The molecule has 1 aliphatic heterocycles. The fourth-order valence-electron chi connectivity index (χ4n) is 4.68. The van der Waals surface area contributed by atoms with E-state index >= 15 is 0 Å². The van der Waals surface area contributed by atoms with Gasteiger partial charge in [0, 0.05) is 21.2 Å². The van der Waals surface area contributed by atoms with E-state index in [2.05, 4.69) is 10.2 Å². The molecule has 218 valence electrons. The maximum Gasteiger partial charge on any atom is 0.296 e. The number of para-hydroxylation sites is 1. The molecule has 0 aliphatic carbocycles. The van der Waals surface area contributed by atoms with Crippen LogP contribution in [0, 0.1) is 0 Å². The van der Waals surface area contributed by atoms with Gasteiger partial charge in [-0.3, -0.25) is 14.5 Å². The van der Waals surface area contributed by atoms with Gasteiger partial charge >= 0.3 is 0 Å². The van der Waals surface area contributed by atoms with Gasteiger partial charge in [-0.05, 0) is 53.9 Å². The van der Waals surface area contributed by atoms with E-state index in [0.717, 1.165) is 17.4 Å². The number of hydrogen-bond acceptors (Lipinski definition) is 9. The SMILES string of the molecule is CCCOc1ccc(C2C(C(=O)c3cc4ccccc4o3)=C(O)C(=O)N2c2nnc(SCc3ccc(Cl)cc3Cl)s2)cc1. The van der Waals surface area contributed by atoms with Gasteiger partial charge in [0.2, 0.25) is 10.9 Å². The number of hydrogen-bond donors (Lipinski definition) is 1. The monoisotopic (exact) mass is 651 g/mol. The second kappa shape index (κ2) is 12.4. The Labute approximate surface area is 264 Å². The number of rotatable bonds is 10. The van der Waals surface area contributed by atoms with Crippen LogP contribution in [-0.4, -0.2) is 33.6 Å². The molecule has 1 N–H and O–H groups in total. The lowest BCUT2D eigenvalue weighted by Gasteiger charge is -2.24. The molecular weight excluding hydrogens is 629 g/mol. The van der Waals surface area contributed by atoms with Gasteiger partial charge in [-0.2, -0.15) is 0 Å². The Balaban J connectivity index is 1.34. The minimum atomic E-state index is -0.982. The van der Waals surface area contributed by atoms with E-state index in [1.54, 1.807) is 54.6 Å². The van der Waals surface area contributed by atoms with E-state index in [9.17, 15) is 14.7 Å². The summed E-state index contributed by atoms with van der Waals surface area (Å²) in [6.45, 7) is 2.56. The molecule has 1 amide bonds. The summed E-state index contributed by atoms with van der Waals surface area (Å²) in [7, 11) is 0. The number of anilines is 1. The molecule has 3 aromatic carbocycles. The number of amides is 1. The standard InChI is InChI=1S/C31H23Cl2N3O5S2/c1-2-13-40-21-11-8-17(9-12-21)26-25(27(37)24-14-18-5-3-4-6-23(18)41-24)28(38)29(39)36(26)30-34-35-31(43-30)42-16-19-7-10-20(32)15-22(19)33/h3-12,14-15,26,38H,2,13,16H2,1H3. The number of aromatic nitrogens is 2. The number of carbonyl (C=O) groups is 2. The number of thioether (sulfide) groups is 1. The van der Waals surface area contributed by atoms with Crippen LogP contribution < -0.4 is 9.64 Å². The van der Waals surface area contributed by atoms with Crippen molar-refractivity contribution >= 4 is 74.1 Å². The number of ether oxygens (including phenoxy) is 1. The number of Topliss-reactive ketones (excluding diaryl/α,β-unsaturated/α-hetero) is 1. The van der Waals surface area contributed by atoms with Gasteiger partial charge in [0.15, 0.2) is 15.9 Å². The van der Waals surface area contributed by atoms with Crippen molar-refractivity contribution < 1.29 is 23.8 Å². The Morgan fingerprint density at radius 3 is 2.63 bits per heavy atom. The average Bonchev–Trinajstić information content (AvgIpc) is 3.72. The van der Waals surface area contributed by atoms with Crippen LogP contribution in [0.3, 0.4) is 0 Å². The van der Waals surface area contributed by atoms with Gasteiger partial charge in [0.1, 0.15) is 11.3 Å². The number of furan rings is 1. The van der Waals surface area contributed by atoms with Crippen molar-refractivity contribution in [3.05, 3.63) is 111 Å². The highest BCUT2D eigenvalue weighted by Crippen LogP contribution is 2.44. The van der Waals surface area contributed by atoms with Crippen molar-refractivity contribution in [3.8, 4) is 5.75 Å². The zero-order valence-electron chi connectivity index (χ0n) is 22.6. The van der Waals surface area contributed by atoms with Gasteiger partial charge in [0.05, 0.1) is 18.2 Å². The summed E-state index contributed by atoms with van der Waals surface area (Å²) in [5.41, 5.74) is 1.86. The van der Waals surface area contributed by atoms with Crippen LogP contribution in [-0.2, 0) is 10.5 Å². The van der Waals surface area contributed by atoms with E-state index in [1.165, 1.54) is 28.0 Å². The third kappa shape index (κ3) is 5.88. The number of aliphatic hydroxyl groups is 1. The third-order valence-corrected chi connectivity index (χ3v) is 9.43. The zero-order chi connectivity index (χ0) is 30.1. The van der Waals surface area contributed by atoms with E-state index in [-0.39, 0.29) is 16.5 Å². The van der Waals surface area contributed by atoms with Gasteiger partial charge in [-0.25, -0.2) is 0 Å². The van der Waals surface area contributed by atoms with Crippen LogP contribution in [0.15, 0.2) is 92.9 Å². The van der Waals surface area contributed by atoms with Crippen molar-refractivity contribution in [2.24, 2.45) is 0 Å². The normalized spacial score (nSPS) is 15.1. The molecule has 2 aromatic heterocycles. The van der Waals surface area contributed by atoms with Crippen molar-refractivity contribution in [2.75, 3.05) is 11.5 Å². The molecule has 3 heterocycles. The summed E-state index contributed by atoms with van der Waals surface area (Å²) in [4.78, 5) is 28.8. The van der Waals surface area contributed by atoms with E-state index in [4.69, 9.17) is 32.4 Å². The molecule has 0 fully saturated rings. The van der Waals surface area contributed by atoms with Crippen molar-refractivity contribution in [1.29, 1.82) is 0 Å². The first-order valence-electron chi connectivity index (χ1n) is 13.3. The minimum absolute atomic E-state index is 0.0126. The molecule has 1 aliphatic rings. The van der Waals surface area contributed by atoms with Gasteiger partial charge in [0.25, 0.3) is 5.91 Å². The number of fused-ring (bicyclic) bond motifs is 1. The van der Waals surface area contributed by atoms with Crippen LogP contribution in [0.2, 0.25) is 10.0 Å². The molecule has 8 nitrogen and oxygen atoms in total. The first kappa shape index (κ1) is 29.3. The van der Waals surface area contributed by atoms with Gasteiger partial charge in [-0.15, -0.1) is 10.2 Å². The van der Waals surface area contributed by atoms with Crippen molar-refractivity contribution in [3.63, 3.8) is 0 Å². The highest BCUT2D eigenvalue weighted by Gasteiger charge is 2.46. The number of aliphatic hydroxyl groups excluding tert-OH is 1. The first-order valence-corrected chi connectivity index (χ1v) is 15.8. The van der Waals surface area contributed by atoms with E-state index in [1.807, 2.05) is 25.1 Å². The summed E-state index contributed by atoms with van der Waals surface area (Å²) in [6.07, 6.45) is 0.848.